The van der Waals surface area contributed by atoms with Crippen LogP contribution < -0.4 is 0 Å². The highest BCUT2D eigenvalue weighted by Gasteiger charge is 2.49. The average Bonchev–Trinajstić information content (AvgIpc) is 2.91. The van der Waals surface area contributed by atoms with Crippen LogP contribution in [-0.4, -0.2) is 46.9 Å². The summed E-state index contributed by atoms with van der Waals surface area (Å²) in [6.45, 7) is 10.7. The van der Waals surface area contributed by atoms with E-state index < -0.39 is 30.0 Å². The van der Waals surface area contributed by atoms with Gasteiger partial charge in [0.2, 0.25) is 17.9 Å². The van der Waals surface area contributed by atoms with Crippen molar-refractivity contribution in [3.05, 3.63) is 35.9 Å². The van der Waals surface area contributed by atoms with Gasteiger partial charge in [0, 0.05) is 26.7 Å². The number of amides is 1. The number of nitrogens with zero attached hydrogens (tertiary/aromatic N) is 1. The van der Waals surface area contributed by atoms with Gasteiger partial charge in [0.05, 0.1) is 6.10 Å². The first-order chi connectivity index (χ1) is 14.0. The molecule has 0 spiro atoms. The standard InChI is InChI=1S/C23H33NO6/c1-15(2)12-13-19(25)24(20-22(27)30-23(5,6)29-20)18(21(26)28-16(3)4)14-17-10-8-7-9-11-17/h7-11,15-16,18,20H,12-14H2,1-6H3/t18-,20-/m0/s1. The fourth-order valence-corrected chi connectivity index (χ4v) is 3.26. The molecule has 7 heteroatoms. The summed E-state index contributed by atoms with van der Waals surface area (Å²) in [6, 6.07) is 8.30. The lowest BCUT2D eigenvalue weighted by atomic mass is 10.0. The van der Waals surface area contributed by atoms with E-state index in [2.05, 4.69) is 0 Å². The summed E-state index contributed by atoms with van der Waals surface area (Å²) in [5, 5.41) is 0. The summed E-state index contributed by atoms with van der Waals surface area (Å²) in [6.07, 6.45) is -0.652. The fourth-order valence-electron chi connectivity index (χ4n) is 3.26. The van der Waals surface area contributed by atoms with Crippen LogP contribution in [0.25, 0.3) is 0 Å². The highest BCUT2D eigenvalue weighted by molar-refractivity contribution is 5.89. The predicted octanol–water partition coefficient (Wildman–Crippen LogP) is 3.45. The van der Waals surface area contributed by atoms with Gasteiger partial charge < -0.3 is 14.2 Å². The monoisotopic (exact) mass is 419 g/mol. The highest BCUT2D eigenvalue weighted by atomic mass is 16.8. The Hall–Kier alpha value is -2.41. The van der Waals surface area contributed by atoms with E-state index in [0.29, 0.717) is 12.3 Å². The number of hydrogen-bond acceptors (Lipinski definition) is 6. The van der Waals surface area contributed by atoms with Gasteiger partial charge in [0.15, 0.2) is 0 Å². The first-order valence-electron chi connectivity index (χ1n) is 10.5. The molecule has 0 unspecified atom stereocenters. The zero-order valence-electron chi connectivity index (χ0n) is 18.7. The topological polar surface area (TPSA) is 82.1 Å². The van der Waals surface area contributed by atoms with Crippen molar-refractivity contribution >= 4 is 17.8 Å². The van der Waals surface area contributed by atoms with Crippen molar-refractivity contribution in [2.45, 2.75) is 85.0 Å². The maximum Gasteiger partial charge on any atom is 0.359 e. The summed E-state index contributed by atoms with van der Waals surface area (Å²) >= 11 is 0. The van der Waals surface area contributed by atoms with Crippen molar-refractivity contribution < 1.29 is 28.6 Å². The van der Waals surface area contributed by atoms with Crippen LogP contribution in [-0.2, 0) is 35.0 Å². The van der Waals surface area contributed by atoms with Crippen LogP contribution in [0.2, 0.25) is 0 Å². The maximum absolute atomic E-state index is 13.2. The normalized spacial score (nSPS) is 18.9. The van der Waals surface area contributed by atoms with Gasteiger partial charge in [-0.3, -0.25) is 9.69 Å². The second kappa shape index (κ2) is 10.1. The molecule has 7 nitrogen and oxygen atoms in total. The highest BCUT2D eigenvalue weighted by Crippen LogP contribution is 2.29. The molecular weight excluding hydrogens is 386 g/mol. The van der Waals surface area contributed by atoms with Gasteiger partial charge in [0.1, 0.15) is 6.04 Å². The lowest BCUT2D eigenvalue weighted by molar-refractivity contribution is -0.183. The molecule has 0 N–H and O–H groups in total. The number of hydrogen-bond donors (Lipinski definition) is 0. The Morgan fingerprint density at radius 1 is 1.13 bits per heavy atom. The third-order valence-electron chi connectivity index (χ3n) is 4.65. The van der Waals surface area contributed by atoms with Crippen LogP contribution in [0.3, 0.4) is 0 Å². The third kappa shape index (κ3) is 6.55. The molecule has 1 aromatic rings. The van der Waals surface area contributed by atoms with Crippen LogP contribution in [0.5, 0.6) is 0 Å². The Bertz CT molecular complexity index is 743. The number of carbonyl (C=O) groups excluding carboxylic acids is 3. The lowest BCUT2D eigenvalue weighted by Gasteiger charge is -2.33. The fraction of sp³-hybridized carbons (Fsp3) is 0.609. The molecule has 2 rings (SSSR count). The second-order valence-electron chi connectivity index (χ2n) is 8.72. The molecule has 30 heavy (non-hydrogen) atoms. The van der Waals surface area contributed by atoms with Gasteiger partial charge in [-0.2, -0.15) is 0 Å². The minimum Gasteiger partial charge on any atom is -0.461 e. The van der Waals surface area contributed by atoms with Crippen LogP contribution >= 0.6 is 0 Å². The van der Waals surface area contributed by atoms with E-state index in [9.17, 15) is 14.4 Å². The van der Waals surface area contributed by atoms with Crippen molar-refractivity contribution in [2.24, 2.45) is 5.92 Å². The molecule has 1 fully saturated rings. The Morgan fingerprint density at radius 2 is 1.77 bits per heavy atom. The summed E-state index contributed by atoms with van der Waals surface area (Å²) < 4.78 is 16.5. The summed E-state index contributed by atoms with van der Waals surface area (Å²) in [7, 11) is 0. The van der Waals surface area contributed by atoms with Crippen LogP contribution in [0.15, 0.2) is 30.3 Å². The zero-order valence-corrected chi connectivity index (χ0v) is 18.7. The van der Waals surface area contributed by atoms with E-state index in [-0.39, 0.29) is 24.9 Å². The number of carbonyl (C=O) groups is 3. The van der Waals surface area contributed by atoms with Crippen molar-refractivity contribution in [1.29, 1.82) is 0 Å². The first-order valence-corrected chi connectivity index (χ1v) is 10.5. The van der Waals surface area contributed by atoms with E-state index in [1.807, 2.05) is 44.2 Å². The van der Waals surface area contributed by atoms with Crippen molar-refractivity contribution in [1.82, 2.24) is 4.90 Å². The van der Waals surface area contributed by atoms with E-state index in [1.165, 1.54) is 4.90 Å². The Labute approximate surface area is 178 Å². The van der Waals surface area contributed by atoms with Crippen LogP contribution in [0.1, 0.15) is 59.9 Å². The Morgan fingerprint density at radius 3 is 2.27 bits per heavy atom. The van der Waals surface area contributed by atoms with Crippen LogP contribution in [0.4, 0.5) is 0 Å². The van der Waals surface area contributed by atoms with Gasteiger partial charge in [0.25, 0.3) is 0 Å². The van der Waals surface area contributed by atoms with Crippen molar-refractivity contribution in [2.75, 3.05) is 0 Å². The van der Waals surface area contributed by atoms with E-state index in [4.69, 9.17) is 14.2 Å². The molecule has 1 saturated heterocycles. The molecule has 0 saturated carbocycles. The van der Waals surface area contributed by atoms with Gasteiger partial charge in [-0.05, 0) is 31.7 Å². The van der Waals surface area contributed by atoms with Gasteiger partial charge >= 0.3 is 11.9 Å². The number of rotatable bonds is 9. The molecule has 0 bridgehead atoms. The largest absolute Gasteiger partial charge is 0.461 e. The van der Waals surface area contributed by atoms with Crippen molar-refractivity contribution in [3.63, 3.8) is 0 Å². The molecular formula is C23H33NO6. The predicted molar refractivity (Wildman–Crippen MR) is 111 cm³/mol. The van der Waals surface area contributed by atoms with Crippen molar-refractivity contribution in [3.8, 4) is 0 Å². The molecule has 0 aliphatic carbocycles. The van der Waals surface area contributed by atoms with E-state index >= 15 is 0 Å². The number of ether oxygens (including phenoxy) is 3. The van der Waals surface area contributed by atoms with E-state index in [0.717, 1.165) is 5.56 Å². The number of cyclic esters (lactones) is 1. The smallest absolute Gasteiger partial charge is 0.359 e. The van der Waals surface area contributed by atoms with Gasteiger partial charge in [-0.15, -0.1) is 0 Å². The molecule has 0 radical (unpaired) electrons. The van der Waals surface area contributed by atoms with Crippen LogP contribution in [0, 0.1) is 5.92 Å². The molecule has 2 atom stereocenters. The second-order valence-corrected chi connectivity index (χ2v) is 8.72. The molecule has 1 aromatic carbocycles. The number of benzene rings is 1. The molecule has 0 aromatic heterocycles. The molecule has 166 valence electrons. The zero-order chi connectivity index (χ0) is 22.5. The summed E-state index contributed by atoms with van der Waals surface area (Å²) in [5.74, 6) is -2.50. The molecule has 1 heterocycles. The Kier molecular flexibility index (Phi) is 8.01. The quantitative estimate of drug-likeness (QED) is 0.570. The lowest BCUT2D eigenvalue weighted by Crippen LogP contribution is -2.55. The average molecular weight is 420 g/mol. The van der Waals surface area contributed by atoms with E-state index in [1.54, 1.807) is 27.7 Å². The van der Waals surface area contributed by atoms with Gasteiger partial charge in [-0.25, -0.2) is 9.59 Å². The summed E-state index contributed by atoms with van der Waals surface area (Å²) in [5.41, 5.74) is 0.843. The van der Waals surface area contributed by atoms with Gasteiger partial charge in [-0.1, -0.05) is 44.2 Å². The third-order valence-corrected chi connectivity index (χ3v) is 4.65. The molecule has 1 aliphatic rings. The first kappa shape index (κ1) is 23.9. The SMILES string of the molecule is CC(C)CCC(=O)N([C@@H](Cc1ccccc1)C(=O)OC(C)C)[C@H]1OC(C)(C)OC1=O. The summed E-state index contributed by atoms with van der Waals surface area (Å²) in [4.78, 5) is 40.1. The maximum atomic E-state index is 13.2. The minimum atomic E-state index is -1.30. The molecule has 1 aliphatic heterocycles. The number of esters is 2. The Balaban J connectivity index is 2.42. The minimum absolute atomic E-state index is 0.186. The molecule has 1 amide bonds.